The minimum atomic E-state index is -0.458. The van der Waals surface area contributed by atoms with Crippen molar-refractivity contribution in [2.75, 3.05) is 18.0 Å². The Morgan fingerprint density at radius 3 is 2.83 bits per heavy atom. The minimum Gasteiger partial charge on any atom is -0.444 e. The fraction of sp³-hybridized carbons (Fsp3) is 0.529. The average molecular weight is 316 g/mol. The standard InChI is InChI=1S/C17H24N4O2/c1-17(2,3)23-16(22)20-13-5-8-21(9-6-13)15-10-12-4-7-18-14(12)11-19-15/h4,7,10-11,13,18H,5-6,8-9H2,1-3H3,(H,20,22). The lowest BCUT2D eigenvalue weighted by molar-refractivity contribution is 0.0497. The van der Waals surface area contributed by atoms with Crippen LogP contribution in [-0.4, -0.2) is 40.8 Å². The van der Waals surface area contributed by atoms with Crippen LogP contribution in [0.3, 0.4) is 0 Å². The molecule has 2 aromatic heterocycles. The van der Waals surface area contributed by atoms with Crippen LogP contribution < -0.4 is 10.2 Å². The first-order chi connectivity index (χ1) is 10.9. The molecule has 2 N–H and O–H groups in total. The zero-order valence-corrected chi connectivity index (χ0v) is 13.9. The summed E-state index contributed by atoms with van der Waals surface area (Å²) >= 11 is 0. The number of H-pyrrole nitrogens is 1. The van der Waals surface area contributed by atoms with Crippen LogP contribution in [0.5, 0.6) is 0 Å². The molecule has 3 rings (SSSR count). The van der Waals surface area contributed by atoms with E-state index >= 15 is 0 Å². The van der Waals surface area contributed by atoms with E-state index in [0.29, 0.717) is 0 Å². The predicted molar refractivity (Wildman–Crippen MR) is 90.7 cm³/mol. The molecule has 0 spiro atoms. The monoisotopic (exact) mass is 316 g/mol. The molecule has 2 aromatic rings. The molecule has 0 aromatic carbocycles. The van der Waals surface area contributed by atoms with Crippen molar-refractivity contribution >= 4 is 22.8 Å². The Morgan fingerprint density at radius 2 is 2.13 bits per heavy atom. The molecule has 1 amide bonds. The van der Waals surface area contributed by atoms with E-state index in [4.69, 9.17) is 4.74 Å². The van der Waals surface area contributed by atoms with Crippen molar-refractivity contribution in [1.29, 1.82) is 0 Å². The minimum absolute atomic E-state index is 0.164. The fourth-order valence-corrected chi connectivity index (χ4v) is 2.84. The zero-order valence-electron chi connectivity index (χ0n) is 13.9. The number of piperidine rings is 1. The van der Waals surface area contributed by atoms with Crippen molar-refractivity contribution in [3.8, 4) is 0 Å². The first kappa shape index (κ1) is 15.6. The molecule has 1 fully saturated rings. The smallest absolute Gasteiger partial charge is 0.407 e. The Morgan fingerprint density at radius 1 is 1.39 bits per heavy atom. The van der Waals surface area contributed by atoms with E-state index in [1.807, 2.05) is 33.2 Å². The highest BCUT2D eigenvalue weighted by Gasteiger charge is 2.24. The van der Waals surface area contributed by atoms with Gasteiger partial charge in [0.05, 0.1) is 11.7 Å². The average Bonchev–Trinajstić information content (AvgIpc) is 2.93. The first-order valence-electron chi connectivity index (χ1n) is 8.08. The molecule has 0 aliphatic carbocycles. The number of alkyl carbamates (subject to hydrolysis) is 1. The Hall–Kier alpha value is -2.24. The van der Waals surface area contributed by atoms with Crippen LogP contribution in [0.4, 0.5) is 10.6 Å². The molecule has 23 heavy (non-hydrogen) atoms. The number of aromatic amines is 1. The van der Waals surface area contributed by atoms with Gasteiger partial charge < -0.3 is 19.9 Å². The largest absolute Gasteiger partial charge is 0.444 e. The van der Waals surface area contributed by atoms with E-state index in [1.54, 1.807) is 0 Å². The number of carbonyl (C=O) groups excluding carboxylic acids is 1. The normalized spacial score (nSPS) is 16.6. The molecule has 0 saturated carbocycles. The number of nitrogens with zero attached hydrogens (tertiary/aromatic N) is 2. The maximum Gasteiger partial charge on any atom is 0.407 e. The zero-order chi connectivity index (χ0) is 16.4. The SMILES string of the molecule is CC(C)(C)OC(=O)NC1CCN(c2cc3cc[nH]c3cn2)CC1. The second kappa shape index (κ2) is 6.10. The molecule has 6 heteroatoms. The first-order valence-corrected chi connectivity index (χ1v) is 8.08. The van der Waals surface area contributed by atoms with E-state index in [2.05, 4.69) is 32.3 Å². The summed E-state index contributed by atoms with van der Waals surface area (Å²) in [6.45, 7) is 7.38. The maximum absolute atomic E-state index is 11.8. The van der Waals surface area contributed by atoms with Crippen molar-refractivity contribution in [3.05, 3.63) is 24.5 Å². The van der Waals surface area contributed by atoms with Gasteiger partial charge in [-0.25, -0.2) is 9.78 Å². The summed E-state index contributed by atoms with van der Waals surface area (Å²) in [6.07, 6.45) is 5.25. The number of aromatic nitrogens is 2. The van der Waals surface area contributed by atoms with Gasteiger partial charge >= 0.3 is 6.09 Å². The van der Waals surface area contributed by atoms with Gasteiger partial charge in [0.15, 0.2) is 0 Å². The molecule has 0 radical (unpaired) electrons. The lowest BCUT2D eigenvalue weighted by atomic mass is 10.1. The third kappa shape index (κ3) is 3.94. The Labute approximate surface area is 136 Å². The van der Waals surface area contributed by atoms with Gasteiger partial charge in [-0.15, -0.1) is 0 Å². The number of ether oxygens (including phenoxy) is 1. The van der Waals surface area contributed by atoms with Crippen molar-refractivity contribution in [2.24, 2.45) is 0 Å². The van der Waals surface area contributed by atoms with Crippen LogP contribution in [0.2, 0.25) is 0 Å². The lowest BCUT2D eigenvalue weighted by Gasteiger charge is -2.33. The number of hydrogen-bond acceptors (Lipinski definition) is 4. The molecule has 3 heterocycles. The number of amides is 1. The topological polar surface area (TPSA) is 70.2 Å². The van der Waals surface area contributed by atoms with E-state index < -0.39 is 5.60 Å². The number of hydrogen-bond donors (Lipinski definition) is 2. The van der Waals surface area contributed by atoms with Gasteiger partial charge in [-0.1, -0.05) is 0 Å². The number of rotatable bonds is 2. The van der Waals surface area contributed by atoms with Gasteiger partial charge in [0.25, 0.3) is 0 Å². The molecular weight excluding hydrogens is 292 g/mol. The Balaban J connectivity index is 1.54. The lowest BCUT2D eigenvalue weighted by Crippen LogP contribution is -2.46. The summed E-state index contributed by atoms with van der Waals surface area (Å²) in [5.41, 5.74) is 0.593. The third-order valence-electron chi connectivity index (χ3n) is 3.96. The fourth-order valence-electron chi connectivity index (χ4n) is 2.84. The van der Waals surface area contributed by atoms with Crippen molar-refractivity contribution < 1.29 is 9.53 Å². The van der Waals surface area contributed by atoms with Gasteiger partial charge in [0, 0.05) is 30.7 Å². The molecule has 0 bridgehead atoms. The van der Waals surface area contributed by atoms with Crippen LogP contribution in [-0.2, 0) is 4.74 Å². The highest BCUT2D eigenvalue weighted by molar-refractivity contribution is 5.81. The van der Waals surface area contributed by atoms with Crippen molar-refractivity contribution in [1.82, 2.24) is 15.3 Å². The van der Waals surface area contributed by atoms with Crippen LogP contribution in [0, 0.1) is 0 Å². The molecule has 1 saturated heterocycles. The predicted octanol–water partition coefficient (Wildman–Crippen LogP) is 3.06. The number of fused-ring (bicyclic) bond motifs is 1. The van der Waals surface area contributed by atoms with Crippen LogP contribution in [0.1, 0.15) is 33.6 Å². The van der Waals surface area contributed by atoms with E-state index in [-0.39, 0.29) is 12.1 Å². The molecule has 6 nitrogen and oxygen atoms in total. The van der Waals surface area contributed by atoms with E-state index in [1.165, 1.54) is 5.39 Å². The van der Waals surface area contributed by atoms with Crippen LogP contribution >= 0.6 is 0 Å². The summed E-state index contributed by atoms with van der Waals surface area (Å²) in [7, 11) is 0. The van der Waals surface area contributed by atoms with E-state index in [0.717, 1.165) is 37.3 Å². The highest BCUT2D eigenvalue weighted by Crippen LogP contribution is 2.22. The molecule has 1 aliphatic heterocycles. The van der Waals surface area contributed by atoms with E-state index in [9.17, 15) is 4.79 Å². The second-order valence-electron chi connectivity index (χ2n) is 7.01. The summed E-state index contributed by atoms with van der Waals surface area (Å²) in [5, 5.41) is 4.13. The quantitative estimate of drug-likeness (QED) is 0.893. The molecular formula is C17H24N4O2. The maximum atomic E-state index is 11.8. The number of carbonyl (C=O) groups is 1. The second-order valence-corrected chi connectivity index (χ2v) is 7.01. The Kier molecular flexibility index (Phi) is 4.15. The summed E-state index contributed by atoms with van der Waals surface area (Å²) in [6, 6.07) is 4.32. The molecule has 124 valence electrons. The van der Waals surface area contributed by atoms with Gasteiger partial charge in [0.2, 0.25) is 0 Å². The number of anilines is 1. The number of pyridine rings is 1. The summed E-state index contributed by atoms with van der Waals surface area (Å²) < 4.78 is 5.31. The van der Waals surface area contributed by atoms with Gasteiger partial charge in [0.1, 0.15) is 11.4 Å². The highest BCUT2D eigenvalue weighted by atomic mass is 16.6. The van der Waals surface area contributed by atoms with Gasteiger partial charge in [-0.05, 0) is 45.7 Å². The summed E-state index contributed by atoms with van der Waals surface area (Å²) in [5.74, 6) is 0.993. The summed E-state index contributed by atoms with van der Waals surface area (Å²) in [4.78, 5) is 21.8. The van der Waals surface area contributed by atoms with Crippen molar-refractivity contribution in [2.45, 2.75) is 45.3 Å². The molecule has 1 aliphatic rings. The Bertz CT molecular complexity index is 681. The number of nitrogens with one attached hydrogen (secondary N) is 2. The van der Waals surface area contributed by atoms with Crippen LogP contribution in [0.25, 0.3) is 10.9 Å². The van der Waals surface area contributed by atoms with Gasteiger partial charge in [-0.2, -0.15) is 0 Å². The molecule has 0 atom stereocenters. The molecule has 0 unspecified atom stereocenters. The van der Waals surface area contributed by atoms with Crippen LogP contribution in [0.15, 0.2) is 24.5 Å². The van der Waals surface area contributed by atoms with Gasteiger partial charge in [-0.3, -0.25) is 0 Å². The third-order valence-corrected chi connectivity index (χ3v) is 3.96. The van der Waals surface area contributed by atoms with Crippen molar-refractivity contribution in [3.63, 3.8) is 0 Å².